The van der Waals surface area contributed by atoms with Gasteiger partial charge in [0.05, 0.1) is 12.3 Å². The number of aliphatic imine (C=N–C) groups is 1. The molecule has 2 N–H and O–H groups in total. The molecule has 0 atom stereocenters. The van der Waals surface area contributed by atoms with Crippen molar-refractivity contribution in [3.05, 3.63) is 35.4 Å². The first kappa shape index (κ1) is 19.7. The van der Waals surface area contributed by atoms with Crippen LogP contribution in [0.4, 0.5) is 0 Å². The number of likely N-dealkylation sites (tertiary alicyclic amines) is 1. The van der Waals surface area contributed by atoms with Gasteiger partial charge >= 0.3 is 0 Å². The first-order valence-corrected chi connectivity index (χ1v) is 10.7. The van der Waals surface area contributed by atoms with E-state index in [1.165, 1.54) is 12.8 Å². The number of guanidine groups is 1. The zero-order valence-corrected chi connectivity index (χ0v) is 16.3. The quantitative estimate of drug-likeness (QED) is 0.572. The van der Waals surface area contributed by atoms with Crippen LogP contribution in [0.5, 0.6) is 0 Å². The molecule has 1 aromatic rings. The van der Waals surface area contributed by atoms with E-state index in [2.05, 4.69) is 21.9 Å². The van der Waals surface area contributed by atoms with Gasteiger partial charge in [0.2, 0.25) is 10.0 Å². The third-order valence-corrected chi connectivity index (χ3v) is 5.49. The van der Waals surface area contributed by atoms with Gasteiger partial charge in [-0.1, -0.05) is 24.3 Å². The molecule has 0 aliphatic carbocycles. The smallest absolute Gasteiger partial charge is 0.216 e. The Hall–Kier alpha value is -1.60. The summed E-state index contributed by atoms with van der Waals surface area (Å²) in [7, 11) is -3.29. The fourth-order valence-electron chi connectivity index (χ4n) is 2.88. The lowest BCUT2D eigenvalue weighted by Crippen LogP contribution is -2.39. The van der Waals surface area contributed by atoms with E-state index in [4.69, 9.17) is 4.99 Å². The predicted molar refractivity (Wildman–Crippen MR) is 103 cm³/mol. The van der Waals surface area contributed by atoms with Gasteiger partial charge in [-0.25, -0.2) is 18.1 Å². The van der Waals surface area contributed by atoms with E-state index in [1.54, 1.807) is 0 Å². The Morgan fingerprint density at radius 1 is 1.16 bits per heavy atom. The minimum atomic E-state index is -3.29. The first-order valence-electron chi connectivity index (χ1n) is 9.00. The van der Waals surface area contributed by atoms with Crippen molar-refractivity contribution in [1.82, 2.24) is 14.9 Å². The highest BCUT2D eigenvalue weighted by atomic mass is 32.2. The number of nitrogens with zero attached hydrogens (tertiary/aromatic N) is 2. The van der Waals surface area contributed by atoms with E-state index in [1.807, 2.05) is 38.1 Å². The SMILES string of the molecule is CCNC(=NCc1ccc(CS(=O)(=O)NC(C)C)cc1)N1CCCC1. The van der Waals surface area contributed by atoms with Gasteiger partial charge < -0.3 is 10.2 Å². The summed E-state index contributed by atoms with van der Waals surface area (Å²) in [6.07, 6.45) is 2.44. The molecule has 6 nitrogen and oxygen atoms in total. The van der Waals surface area contributed by atoms with Crippen molar-refractivity contribution in [3.8, 4) is 0 Å². The highest BCUT2D eigenvalue weighted by Crippen LogP contribution is 2.11. The molecule has 1 aromatic carbocycles. The van der Waals surface area contributed by atoms with E-state index in [9.17, 15) is 8.42 Å². The van der Waals surface area contributed by atoms with Gasteiger partial charge in [-0.2, -0.15) is 0 Å². The molecule has 0 spiro atoms. The Morgan fingerprint density at radius 3 is 2.32 bits per heavy atom. The van der Waals surface area contributed by atoms with Crippen LogP contribution >= 0.6 is 0 Å². The highest BCUT2D eigenvalue weighted by molar-refractivity contribution is 7.88. The van der Waals surface area contributed by atoms with E-state index < -0.39 is 10.0 Å². The summed E-state index contributed by atoms with van der Waals surface area (Å²) in [6, 6.07) is 7.56. The van der Waals surface area contributed by atoms with E-state index in [-0.39, 0.29) is 11.8 Å². The van der Waals surface area contributed by atoms with Gasteiger partial charge in [-0.15, -0.1) is 0 Å². The summed E-state index contributed by atoms with van der Waals surface area (Å²) in [5, 5.41) is 3.34. The molecule has 1 saturated heterocycles. The van der Waals surface area contributed by atoms with E-state index >= 15 is 0 Å². The number of rotatable bonds is 7. The van der Waals surface area contributed by atoms with Crippen LogP contribution in [0.15, 0.2) is 29.3 Å². The summed E-state index contributed by atoms with van der Waals surface area (Å²) >= 11 is 0. The average Bonchev–Trinajstić information content (AvgIpc) is 3.05. The lowest BCUT2D eigenvalue weighted by atomic mass is 10.1. The zero-order valence-electron chi connectivity index (χ0n) is 15.5. The molecule has 0 unspecified atom stereocenters. The molecule has 140 valence electrons. The van der Waals surface area contributed by atoms with Crippen LogP contribution < -0.4 is 10.0 Å². The largest absolute Gasteiger partial charge is 0.357 e. The molecule has 1 aliphatic rings. The fourth-order valence-corrected chi connectivity index (χ4v) is 4.31. The Bertz CT molecular complexity index is 663. The maximum absolute atomic E-state index is 12.0. The average molecular weight is 367 g/mol. The van der Waals surface area contributed by atoms with Crippen molar-refractivity contribution >= 4 is 16.0 Å². The maximum atomic E-state index is 12.0. The molecule has 0 amide bonds. The van der Waals surface area contributed by atoms with Gasteiger partial charge in [0.15, 0.2) is 5.96 Å². The summed E-state index contributed by atoms with van der Waals surface area (Å²) in [5.74, 6) is 0.971. The van der Waals surface area contributed by atoms with Crippen LogP contribution in [-0.4, -0.2) is 45.0 Å². The predicted octanol–water partition coefficient (Wildman–Crippen LogP) is 2.08. The van der Waals surface area contributed by atoms with Gasteiger partial charge in [-0.05, 0) is 44.7 Å². The molecular weight excluding hydrogens is 336 g/mol. The second kappa shape index (κ2) is 9.20. The lowest BCUT2D eigenvalue weighted by molar-refractivity contribution is 0.493. The van der Waals surface area contributed by atoms with Crippen molar-refractivity contribution in [2.75, 3.05) is 19.6 Å². The zero-order chi connectivity index (χ0) is 18.3. The Morgan fingerprint density at radius 2 is 1.76 bits per heavy atom. The standard InChI is InChI=1S/C18H30N4O2S/c1-4-19-18(22-11-5-6-12-22)20-13-16-7-9-17(10-8-16)14-25(23,24)21-15(2)3/h7-10,15,21H,4-6,11-14H2,1-3H3,(H,19,20). The van der Waals surface area contributed by atoms with Crippen LogP contribution in [0.25, 0.3) is 0 Å². The number of hydrogen-bond acceptors (Lipinski definition) is 3. The van der Waals surface area contributed by atoms with Crippen molar-refractivity contribution in [2.45, 2.75) is 52.0 Å². The molecule has 0 bridgehead atoms. The monoisotopic (exact) mass is 366 g/mol. The van der Waals surface area contributed by atoms with Gasteiger partial charge in [0.1, 0.15) is 0 Å². The summed E-state index contributed by atoms with van der Waals surface area (Å²) in [5.41, 5.74) is 1.86. The topological polar surface area (TPSA) is 73.8 Å². The molecule has 0 saturated carbocycles. The van der Waals surface area contributed by atoms with Gasteiger partial charge in [-0.3, -0.25) is 0 Å². The molecule has 1 fully saturated rings. The first-order chi connectivity index (χ1) is 11.9. The van der Waals surface area contributed by atoms with Crippen molar-refractivity contribution < 1.29 is 8.42 Å². The molecule has 0 aromatic heterocycles. The third-order valence-electron chi connectivity index (χ3n) is 3.95. The summed E-state index contributed by atoms with van der Waals surface area (Å²) in [4.78, 5) is 7.00. The second-order valence-electron chi connectivity index (χ2n) is 6.71. The third kappa shape index (κ3) is 6.66. The fraction of sp³-hybridized carbons (Fsp3) is 0.611. The minimum absolute atomic E-state index is 0.00511. The Kier molecular flexibility index (Phi) is 7.25. The molecule has 1 aliphatic heterocycles. The van der Waals surface area contributed by atoms with Crippen LogP contribution in [0.3, 0.4) is 0 Å². The number of benzene rings is 1. The molecule has 0 radical (unpaired) electrons. The molecular formula is C18H30N4O2S. The summed E-state index contributed by atoms with van der Waals surface area (Å²) < 4.78 is 26.6. The molecule has 7 heteroatoms. The normalized spacial score (nSPS) is 15.8. The van der Waals surface area contributed by atoms with Gasteiger partial charge in [0.25, 0.3) is 0 Å². The van der Waals surface area contributed by atoms with Crippen LogP contribution in [0.2, 0.25) is 0 Å². The van der Waals surface area contributed by atoms with Crippen LogP contribution in [0, 0.1) is 0 Å². The van der Waals surface area contributed by atoms with Gasteiger partial charge in [0, 0.05) is 25.7 Å². The number of nitrogens with one attached hydrogen (secondary N) is 2. The number of hydrogen-bond donors (Lipinski definition) is 2. The minimum Gasteiger partial charge on any atom is -0.357 e. The second-order valence-corrected chi connectivity index (χ2v) is 8.47. The molecule has 25 heavy (non-hydrogen) atoms. The Balaban J connectivity index is 1.98. The van der Waals surface area contributed by atoms with Crippen molar-refractivity contribution in [1.29, 1.82) is 0 Å². The van der Waals surface area contributed by atoms with Crippen molar-refractivity contribution in [3.63, 3.8) is 0 Å². The van der Waals surface area contributed by atoms with Crippen LogP contribution in [0.1, 0.15) is 44.7 Å². The Labute approximate surface area is 151 Å². The van der Waals surface area contributed by atoms with E-state index in [0.717, 1.165) is 36.7 Å². The molecule has 2 rings (SSSR count). The number of sulfonamides is 1. The van der Waals surface area contributed by atoms with E-state index in [0.29, 0.717) is 6.54 Å². The maximum Gasteiger partial charge on any atom is 0.216 e. The van der Waals surface area contributed by atoms with Crippen molar-refractivity contribution in [2.24, 2.45) is 4.99 Å². The highest BCUT2D eigenvalue weighted by Gasteiger charge is 2.15. The molecule has 1 heterocycles. The van der Waals surface area contributed by atoms with Crippen LogP contribution in [-0.2, 0) is 22.3 Å². The summed E-state index contributed by atoms with van der Waals surface area (Å²) in [6.45, 7) is 9.29. The lowest BCUT2D eigenvalue weighted by Gasteiger charge is -2.20.